The maximum Gasteiger partial charge on any atom is 0.276 e. The molecule has 138 valence electrons. The van der Waals surface area contributed by atoms with E-state index in [1.54, 1.807) is 30.3 Å². The highest BCUT2D eigenvalue weighted by Crippen LogP contribution is 2.15. The molecule has 8 heteroatoms. The Labute approximate surface area is 152 Å². The maximum atomic E-state index is 12.1. The van der Waals surface area contributed by atoms with Crippen LogP contribution in [0.2, 0.25) is 0 Å². The molecular weight excluding hydrogens is 356 g/mol. The Morgan fingerprint density at radius 1 is 0.923 bits per heavy atom. The number of ether oxygens (including phenoxy) is 1. The SMILES string of the molecule is Cc1ccccc1OCC(=O)NNC(=O)CCS(=O)(=O)c1ccccc1. The molecule has 2 aromatic rings. The summed E-state index contributed by atoms with van der Waals surface area (Å²) < 4.78 is 29.5. The number of hydrogen-bond donors (Lipinski definition) is 2. The highest BCUT2D eigenvalue weighted by atomic mass is 32.2. The second kappa shape index (κ2) is 9.00. The molecule has 2 N–H and O–H groups in total. The Hall–Kier alpha value is -2.87. The van der Waals surface area contributed by atoms with E-state index in [9.17, 15) is 18.0 Å². The Bertz CT molecular complexity index is 866. The Morgan fingerprint density at radius 2 is 1.54 bits per heavy atom. The summed E-state index contributed by atoms with van der Waals surface area (Å²) in [6, 6.07) is 15.1. The van der Waals surface area contributed by atoms with Gasteiger partial charge in [0.05, 0.1) is 10.6 Å². The van der Waals surface area contributed by atoms with Crippen LogP contribution < -0.4 is 15.6 Å². The van der Waals surface area contributed by atoms with Gasteiger partial charge in [0, 0.05) is 6.42 Å². The molecule has 0 atom stereocenters. The van der Waals surface area contributed by atoms with Crippen molar-refractivity contribution in [2.24, 2.45) is 0 Å². The van der Waals surface area contributed by atoms with Crippen molar-refractivity contribution in [3.8, 4) is 5.75 Å². The zero-order chi connectivity index (χ0) is 19.0. The predicted molar refractivity (Wildman–Crippen MR) is 96.1 cm³/mol. The van der Waals surface area contributed by atoms with Crippen LogP contribution in [0.4, 0.5) is 0 Å². The van der Waals surface area contributed by atoms with E-state index in [1.807, 2.05) is 19.1 Å². The number of benzene rings is 2. The third-order valence-corrected chi connectivity index (χ3v) is 5.23. The van der Waals surface area contributed by atoms with Gasteiger partial charge in [0.2, 0.25) is 5.91 Å². The fourth-order valence-electron chi connectivity index (χ4n) is 2.07. The van der Waals surface area contributed by atoms with Crippen molar-refractivity contribution in [2.75, 3.05) is 12.4 Å². The number of rotatable bonds is 7. The minimum absolute atomic E-state index is 0.156. The van der Waals surface area contributed by atoms with E-state index < -0.39 is 21.7 Å². The van der Waals surface area contributed by atoms with Gasteiger partial charge in [-0.05, 0) is 30.7 Å². The van der Waals surface area contributed by atoms with Crippen LogP contribution in [0.5, 0.6) is 5.75 Å². The summed E-state index contributed by atoms with van der Waals surface area (Å²) in [5, 5.41) is 0. The number of para-hydroxylation sites is 1. The van der Waals surface area contributed by atoms with Crippen LogP contribution in [0.3, 0.4) is 0 Å². The number of hydrogen-bond acceptors (Lipinski definition) is 5. The van der Waals surface area contributed by atoms with Gasteiger partial charge < -0.3 is 4.74 Å². The van der Waals surface area contributed by atoms with E-state index >= 15 is 0 Å². The van der Waals surface area contributed by atoms with Crippen molar-refractivity contribution in [3.63, 3.8) is 0 Å². The lowest BCUT2D eigenvalue weighted by atomic mass is 10.2. The molecule has 26 heavy (non-hydrogen) atoms. The number of nitrogens with one attached hydrogen (secondary N) is 2. The first kappa shape index (κ1) is 19.5. The molecule has 0 heterocycles. The molecule has 2 amide bonds. The molecular formula is C18H20N2O5S. The van der Waals surface area contributed by atoms with E-state index in [-0.39, 0.29) is 23.7 Å². The van der Waals surface area contributed by atoms with Gasteiger partial charge in [-0.15, -0.1) is 0 Å². The van der Waals surface area contributed by atoms with Crippen molar-refractivity contribution in [2.45, 2.75) is 18.2 Å². The number of carbonyl (C=O) groups is 2. The lowest BCUT2D eigenvalue weighted by Crippen LogP contribution is -2.44. The zero-order valence-electron chi connectivity index (χ0n) is 14.3. The Morgan fingerprint density at radius 3 is 2.23 bits per heavy atom. The predicted octanol–water partition coefficient (Wildman–Crippen LogP) is 1.39. The number of hydrazine groups is 1. The average Bonchev–Trinajstić information content (AvgIpc) is 2.65. The van der Waals surface area contributed by atoms with Gasteiger partial charge in [-0.2, -0.15) is 0 Å². The van der Waals surface area contributed by atoms with Crippen molar-refractivity contribution in [1.29, 1.82) is 0 Å². The Balaban J connectivity index is 1.73. The van der Waals surface area contributed by atoms with Gasteiger partial charge in [-0.3, -0.25) is 20.4 Å². The van der Waals surface area contributed by atoms with Gasteiger partial charge in [0.1, 0.15) is 5.75 Å². The normalized spacial score (nSPS) is 10.8. The number of sulfone groups is 1. The van der Waals surface area contributed by atoms with Gasteiger partial charge in [-0.1, -0.05) is 36.4 Å². The zero-order valence-corrected chi connectivity index (χ0v) is 15.1. The first-order valence-corrected chi connectivity index (χ1v) is 9.57. The van der Waals surface area contributed by atoms with Crippen LogP contribution in [0.1, 0.15) is 12.0 Å². The van der Waals surface area contributed by atoms with Gasteiger partial charge >= 0.3 is 0 Å². The minimum atomic E-state index is -3.54. The molecule has 2 aromatic carbocycles. The first-order valence-electron chi connectivity index (χ1n) is 7.92. The van der Waals surface area contributed by atoms with Crippen LogP contribution in [0.15, 0.2) is 59.5 Å². The minimum Gasteiger partial charge on any atom is -0.483 e. The van der Waals surface area contributed by atoms with Crippen LogP contribution in [0, 0.1) is 6.92 Å². The lowest BCUT2D eigenvalue weighted by Gasteiger charge is -2.10. The summed E-state index contributed by atoms with van der Waals surface area (Å²) in [5.74, 6) is -0.928. The second-order valence-electron chi connectivity index (χ2n) is 5.53. The molecule has 0 aromatic heterocycles. The highest BCUT2D eigenvalue weighted by molar-refractivity contribution is 7.91. The van der Waals surface area contributed by atoms with Crippen molar-refractivity contribution in [1.82, 2.24) is 10.9 Å². The Kier molecular flexibility index (Phi) is 6.74. The van der Waals surface area contributed by atoms with Crippen LogP contribution in [-0.4, -0.2) is 32.6 Å². The van der Waals surface area contributed by atoms with E-state index in [1.165, 1.54) is 12.1 Å². The molecule has 0 saturated heterocycles. The largest absolute Gasteiger partial charge is 0.483 e. The molecule has 2 rings (SSSR count). The van der Waals surface area contributed by atoms with E-state index in [0.717, 1.165) is 5.56 Å². The van der Waals surface area contributed by atoms with Crippen LogP contribution in [0.25, 0.3) is 0 Å². The molecule has 0 aliphatic heterocycles. The van der Waals surface area contributed by atoms with Crippen molar-refractivity contribution < 1.29 is 22.7 Å². The first-order chi connectivity index (χ1) is 12.4. The number of aryl methyl sites for hydroxylation is 1. The highest BCUT2D eigenvalue weighted by Gasteiger charge is 2.16. The topological polar surface area (TPSA) is 102 Å². The summed E-state index contributed by atoms with van der Waals surface area (Å²) in [4.78, 5) is 23.6. The summed E-state index contributed by atoms with van der Waals surface area (Å²) in [5.41, 5.74) is 5.25. The van der Waals surface area contributed by atoms with Gasteiger partial charge in [0.25, 0.3) is 5.91 Å². The molecule has 0 fully saturated rings. The molecule has 0 saturated carbocycles. The van der Waals surface area contributed by atoms with Crippen molar-refractivity contribution in [3.05, 3.63) is 60.2 Å². The third kappa shape index (κ3) is 5.89. The average molecular weight is 376 g/mol. The smallest absolute Gasteiger partial charge is 0.276 e. The summed E-state index contributed by atoms with van der Waals surface area (Å²) in [6.45, 7) is 1.58. The molecule has 0 bridgehead atoms. The van der Waals surface area contributed by atoms with Crippen LogP contribution >= 0.6 is 0 Å². The maximum absolute atomic E-state index is 12.1. The van der Waals surface area contributed by atoms with E-state index in [2.05, 4.69) is 10.9 Å². The molecule has 0 radical (unpaired) electrons. The van der Waals surface area contributed by atoms with Crippen molar-refractivity contribution >= 4 is 21.7 Å². The quantitative estimate of drug-likeness (QED) is 0.711. The number of amides is 2. The van der Waals surface area contributed by atoms with E-state index in [4.69, 9.17) is 4.74 Å². The third-order valence-electron chi connectivity index (χ3n) is 3.49. The van der Waals surface area contributed by atoms with E-state index in [0.29, 0.717) is 5.75 Å². The van der Waals surface area contributed by atoms with Gasteiger partial charge in [-0.25, -0.2) is 8.42 Å². The molecule has 0 unspecified atom stereocenters. The molecule has 7 nitrogen and oxygen atoms in total. The number of carbonyl (C=O) groups excluding carboxylic acids is 2. The van der Waals surface area contributed by atoms with Gasteiger partial charge in [0.15, 0.2) is 16.4 Å². The second-order valence-corrected chi connectivity index (χ2v) is 7.64. The standard InChI is InChI=1S/C18H20N2O5S/c1-14-7-5-6-10-16(14)25-13-18(22)20-19-17(21)11-12-26(23,24)15-8-3-2-4-9-15/h2-10H,11-13H2,1H3,(H,19,21)(H,20,22). The fraction of sp³-hybridized carbons (Fsp3) is 0.222. The molecule has 0 spiro atoms. The monoisotopic (exact) mass is 376 g/mol. The molecule has 0 aliphatic carbocycles. The lowest BCUT2D eigenvalue weighted by molar-refractivity contribution is -0.129. The molecule has 0 aliphatic rings. The summed E-state index contributed by atoms with van der Waals surface area (Å²) in [7, 11) is -3.54. The fourth-order valence-corrected chi connectivity index (χ4v) is 3.33. The summed E-state index contributed by atoms with van der Waals surface area (Å²) in [6.07, 6.45) is -0.268. The van der Waals surface area contributed by atoms with Crippen LogP contribution in [-0.2, 0) is 19.4 Å². The summed E-state index contributed by atoms with van der Waals surface area (Å²) >= 11 is 0.